The van der Waals surface area contributed by atoms with Crippen molar-refractivity contribution in [1.82, 2.24) is 10.3 Å². The van der Waals surface area contributed by atoms with Crippen LogP contribution in [-0.2, 0) is 0 Å². The number of fused-ring (bicyclic) bond motifs is 1. The van der Waals surface area contributed by atoms with Crippen molar-refractivity contribution in [3.63, 3.8) is 0 Å². The summed E-state index contributed by atoms with van der Waals surface area (Å²) in [5.74, 6) is -1.92. The van der Waals surface area contributed by atoms with Gasteiger partial charge in [-0.05, 0) is 43.1 Å². The second-order valence-electron chi connectivity index (χ2n) is 5.59. The first kappa shape index (κ1) is 15.1. The Bertz CT molecular complexity index is 677. The predicted molar refractivity (Wildman–Crippen MR) is 79.3 cm³/mol. The monoisotopic (exact) mass is 304 g/mol. The van der Waals surface area contributed by atoms with Crippen molar-refractivity contribution in [2.24, 2.45) is 0 Å². The molecule has 3 nitrogen and oxygen atoms in total. The van der Waals surface area contributed by atoms with Crippen LogP contribution >= 0.6 is 0 Å². The molecule has 22 heavy (non-hydrogen) atoms. The van der Waals surface area contributed by atoms with E-state index in [-0.39, 0.29) is 12.0 Å². The Balaban J connectivity index is 2.11. The number of likely N-dealkylation sites (N-methyl/N-ethyl adjacent to an activating group) is 1. The van der Waals surface area contributed by atoms with Crippen molar-refractivity contribution in [3.05, 3.63) is 65.0 Å². The molecule has 0 saturated carbocycles. The number of benzene rings is 1. The molecule has 0 bridgehead atoms. The highest BCUT2D eigenvalue weighted by Gasteiger charge is 2.33. The van der Waals surface area contributed by atoms with E-state index in [1.54, 1.807) is 25.4 Å². The minimum Gasteiger partial charge on any atom is -0.387 e. The summed E-state index contributed by atoms with van der Waals surface area (Å²) in [6.07, 6.45) is 1.96. The van der Waals surface area contributed by atoms with Crippen LogP contribution in [0.5, 0.6) is 0 Å². The maximum atomic E-state index is 14.2. The summed E-state index contributed by atoms with van der Waals surface area (Å²) in [6.45, 7) is 0. The van der Waals surface area contributed by atoms with E-state index >= 15 is 0 Å². The molecule has 1 aromatic carbocycles. The van der Waals surface area contributed by atoms with E-state index in [2.05, 4.69) is 10.3 Å². The minimum atomic E-state index is -0.844. The predicted octanol–water partition coefficient (Wildman–Crippen LogP) is 3.23. The van der Waals surface area contributed by atoms with Crippen LogP contribution in [-0.4, -0.2) is 17.1 Å². The van der Waals surface area contributed by atoms with Crippen molar-refractivity contribution in [2.75, 3.05) is 7.05 Å². The second-order valence-corrected chi connectivity index (χ2v) is 5.59. The molecule has 0 amide bonds. The number of aliphatic hydroxyl groups excluding tert-OH is 1. The van der Waals surface area contributed by atoms with Crippen LogP contribution in [0.3, 0.4) is 0 Å². The molecular formula is C17H18F2N2O. The fourth-order valence-electron chi connectivity index (χ4n) is 3.33. The third-order valence-electron chi connectivity index (χ3n) is 4.37. The van der Waals surface area contributed by atoms with Gasteiger partial charge in [0.2, 0.25) is 0 Å². The van der Waals surface area contributed by atoms with Gasteiger partial charge in [-0.3, -0.25) is 4.98 Å². The van der Waals surface area contributed by atoms with Gasteiger partial charge in [-0.15, -0.1) is 0 Å². The molecule has 116 valence electrons. The number of nitrogens with zero attached hydrogens (tertiary/aromatic N) is 1. The molecule has 0 radical (unpaired) electrons. The Labute approximate surface area is 128 Å². The lowest BCUT2D eigenvalue weighted by Gasteiger charge is -2.26. The van der Waals surface area contributed by atoms with Crippen LogP contribution in [0.15, 0.2) is 36.5 Å². The Morgan fingerprint density at radius 1 is 1.14 bits per heavy atom. The van der Waals surface area contributed by atoms with Crippen LogP contribution in [0.1, 0.15) is 47.7 Å². The molecule has 0 unspecified atom stereocenters. The van der Waals surface area contributed by atoms with Gasteiger partial charge in [0.05, 0.1) is 11.8 Å². The topological polar surface area (TPSA) is 45.2 Å². The molecule has 0 fully saturated rings. The van der Waals surface area contributed by atoms with Gasteiger partial charge in [0.25, 0.3) is 0 Å². The first-order chi connectivity index (χ1) is 10.6. The SMILES string of the molecule is CN[C@@H]1c2cccnc2[C@H](O)CC[C@H]1c1cccc(F)c1F. The molecule has 1 aromatic heterocycles. The minimum absolute atomic E-state index is 0.225. The average molecular weight is 304 g/mol. The van der Waals surface area contributed by atoms with Crippen LogP contribution in [0.25, 0.3) is 0 Å². The van der Waals surface area contributed by atoms with E-state index in [0.29, 0.717) is 24.1 Å². The lowest BCUT2D eigenvalue weighted by atomic mass is 9.85. The number of hydrogen-bond donors (Lipinski definition) is 2. The Morgan fingerprint density at radius 3 is 2.68 bits per heavy atom. The van der Waals surface area contributed by atoms with Crippen molar-refractivity contribution in [1.29, 1.82) is 0 Å². The molecule has 0 spiro atoms. The highest BCUT2D eigenvalue weighted by molar-refractivity contribution is 5.34. The third-order valence-corrected chi connectivity index (χ3v) is 4.37. The number of hydrogen-bond acceptors (Lipinski definition) is 3. The number of halogens is 2. The lowest BCUT2D eigenvalue weighted by Crippen LogP contribution is -2.25. The van der Waals surface area contributed by atoms with Gasteiger partial charge in [0, 0.05) is 18.2 Å². The molecule has 0 saturated heterocycles. The summed E-state index contributed by atoms with van der Waals surface area (Å²) < 4.78 is 27.8. The summed E-state index contributed by atoms with van der Waals surface area (Å²) in [6, 6.07) is 7.70. The molecule has 3 atom stereocenters. The number of aliphatic hydroxyl groups is 1. The van der Waals surface area contributed by atoms with E-state index in [0.717, 1.165) is 11.6 Å². The Kier molecular flexibility index (Phi) is 4.18. The first-order valence-corrected chi connectivity index (χ1v) is 7.37. The summed E-state index contributed by atoms with van der Waals surface area (Å²) in [5, 5.41) is 13.5. The number of nitrogens with one attached hydrogen (secondary N) is 1. The van der Waals surface area contributed by atoms with Crippen LogP contribution < -0.4 is 5.32 Å². The first-order valence-electron chi connectivity index (χ1n) is 7.37. The molecule has 1 aliphatic rings. The van der Waals surface area contributed by atoms with Crippen LogP contribution in [0.4, 0.5) is 8.78 Å². The van der Waals surface area contributed by atoms with Gasteiger partial charge in [0.15, 0.2) is 11.6 Å². The summed E-state index contributed by atoms with van der Waals surface area (Å²) >= 11 is 0. The van der Waals surface area contributed by atoms with Crippen molar-refractivity contribution < 1.29 is 13.9 Å². The lowest BCUT2D eigenvalue weighted by molar-refractivity contribution is 0.160. The fraction of sp³-hybridized carbons (Fsp3) is 0.353. The van der Waals surface area contributed by atoms with Crippen molar-refractivity contribution in [3.8, 4) is 0 Å². The molecule has 1 aliphatic carbocycles. The largest absolute Gasteiger partial charge is 0.387 e. The quantitative estimate of drug-likeness (QED) is 0.837. The smallest absolute Gasteiger partial charge is 0.162 e. The zero-order valence-corrected chi connectivity index (χ0v) is 12.3. The van der Waals surface area contributed by atoms with E-state index < -0.39 is 17.7 Å². The van der Waals surface area contributed by atoms with Gasteiger partial charge in [-0.25, -0.2) is 8.78 Å². The third kappa shape index (κ3) is 2.51. The Morgan fingerprint density at radius 2 is 1.91 bits per heavy atom. The number of aromatic nitrogens is 1. The second kappa shape index (κ2) is 6.10. The molecule has 5 heteroatoms. The fourth-order valence-corrected chi connectivity index (χ4v) is 3.33. The van der Waals surface area contributed by atoms with E-state index in [1.165, 1.54) is 6.07 Å². The molecule has 2 N–H and O–H groups in total. The average Bonchev–Trinajstić information content (AvgIpc) is 2.67. The summed E-state index contributed by atoms with van der Waals surface area (Å²) in [4.78, 5) is 4.27. The highest BCUT2D eigenvalue weighted by atomic mass is 19.2. The normalized spacial score (nSPS) is 24.6. The zero-order valence-electron chi connectivity index (χ0n) is 12.3. The van der Waals surface area contributed by atoms with Crippen LogP contribution in [0, 0.1) is 11.6 Å². The van der Waals surface area contributed by atoms with Gasteiger partial charge >= 0.3 is 0 Å². The van der Waals surface area contributed by atoms with E-state index in [4.69, 9.17) is 0 Å². The highest BCUT2D eigenvalue weighted by Crippen LogP contribution is 2.42. The zero-order chi connectivity index (χ0) is 15.7. The molecule has 0 aliphatic heterocycles. The van der Waals surface area contributed by atoms with Crippen molar-refractivity contribution in [2.45, 2.75) is 30.9 Å². The summed E-state index contributed by atoms with van der Waals surface area (Å²) in [7, 11) is 1.78. The standard InChI is InChI=1S/C17H18F2N2O/c1-20-16-11(10-4-2-6-13(18)15(10)19)7-8-14(22)17-12(16)5-3-9-21-17/h2-6,9,11,14,16,20,22H,7-8H2,1H3/t11-,14+,16-/m0/s1. The maximum Gasteiger partial charge on any atom is 0.162 e. The number of rotatable bonds is 2. The molecule has 3 rings (SSSR count). The van der Waals surface area contributed by atoms with Crippen molar-refractivity contribution >= 4 is 0 Å². The molecule has 1 heterocycles. The van der Waals surface area contributed by atoms with Crippen LogP contribution in [0.2, 0.25) is 0 Å². The van der Waals surface area contributed by atoms with Gasteiger partial charge in [-0.2, -0.15) is 0 Å². The molecular weight excluding hydrogens is 286 g/mol. The van der Waals surface area contributed by atoms with Gasteiger partial charge in [0.1, 0.15) is 0 Å². The summed E-state index contributed by atoms with van der Waals surface area (Å²) in [5.41, 5.74) is 1.79. The number of pyridine rings is 1. The van der Waals surface area contributed by atoms with E-state index in [9.17, 15) is 13.9 Å². The van der Waals surface area contributed by atoms with Gasteiger partial charge in [-0.1, -0.05) is 18.2 Å². The van der Waals surface area contributed by atoms with Gasteiger partial charge < -0.3 is 10.4 Å². The van der Waals surface area contributed by atoms with E-state index in [1.807, 2.05) is 6.07 Å². The molecule has 2 aromatic rings. The maximum absolute atomic E-state index is 14.2. The Hall–Kier alpha value is -1.85.